The van der Waals surface area contributed by atoms with Crippen LogP contribution >= 0.6 is 11.3 Å². The molecule has 0 radical (unpaired) electrons. The van der Waals surface area contributed by atoms with Gasteiger partial charge in [-0.25, -0.2) is 15.0 Å². The first kappa shape index (κ1) is 24.4. The van der Waals surface area contributed by atoms with Crippen LogP contribution in [0.2, 0.25) is 0 Å². The van der Waals surface area contributed by atoms with Crippen molar-refractivity contribution in [1.82, 2.24) is 15.0 Å². The number of fused-ring (bicyclic) bond motifs is 1. The van der Waals surface area contributed by atoms with Gasteiger partial charge in [-0.1, -0.05) is 32.1 Å². The molecule has 8 nitrogen and oxygen atoms in total. The van der Waals surface area contributed by atoms with Gasteiger partial charge in [-0.15, -0.1) is 11.3 Å². The number of hydrogen-bond donors (Lipinski definition) is 4. The van der Waals surface area contributed by atoms with E-state index in [4.69, 9.17) is 4.98 Å². The molecule has 1 saturated carbocycles. The van der Waals surface area contributed by atoms with Crippen molar-refractivity contribution in [1.29, 1.82) is 0 Å². The number of nitrogens with zero attached hydrogens (tertiary/aromatic N) is 4. The number of benzene rings is 1. The summed E-state index contributed by atoms with van der Waals surface area (Å²) in [6.45, 7) is 7.79. The highest BCUT2D eigenvalue weighted by Gasteiger charge is 2.41. The number of aromatic nitrogens is 3. The number of anilines is 1. The average Bonchev–Trinajstić information content (AvgIpc) is 3.33. The molecule has 34 heavy (non-hydrogen) atoms. The van der Waals surface area contributed by atoms with Crippen molar-refractivity contribution in [2.45, 2.75) is 52.4 Å². The van der Waals surface area contributed by atoms with Crippen LogP contribution in [0.4, 0.5) is 11.8 Å². The molecule has 1 aromatic carbocycles. The van der Waals surface area contributed by atoms with E-state index in [1.165, 1.54) is 0 Å². The summed E-state index contributed by atoms with van der Waals surface area (Å²) in [4.78, 5) is 18.7. The van der Waals surface area contributed by atoms with E-state index in [-0.39, 0.29) is 6.61 Å². The fraction of sp³-hybridized carbons (Fsp3) is 0.440. The SMILES string of the molecule is CC(/C=C\C(C)C)=Nc1nc(C)c(-c2nc3ccccc3s2)c(NC2CC(CO)C(O)C2O)n1. The molecule has 0 amide bonds. The van der Waals surface area contributed by atoms with E-state index in [0.717, 1.165) is 26.5 Å². The number of rotatable bonds is 7. The van der Waals surface area contributed by atoms with Crippen LogP contribution in [0.1, 0.15) is 32.9 Å². The summed E-state index contributed by atoms with van der Waals surface area (Å²) in [5.74, 6) is 0.812. The summed E-state index contributed by atoms with van der Waals surface area (Å²) >= 11 is 1.54. The standard InChI is InChI=1S/C25H31N5O3S/c1-13(2)9-10-14(3)26-25-27-15(4)20(24-29-17-7-5-6-8-19(17)34-24)23(30-25)28-18-11-16(12-31)21(32)22(18)33/h5-10,13,16,18,21-22,31-33H,11-12H2,1-4H3,(H,27,28,30)/b10-9-,26-14?. The van der Waals surface area contributed by atoms with Crippen LogP contribution in [0, 0.1) is 18.8 Å². The molecule has 4 unspecified atom stereocenters. The maximum Gasteiger partial charge on any atom is 0.251 e. The number of aliphatic hydroxyl groups is 3. The number of hydrogen-bond acceptors (Lipinski definition) is 9. The second kappa shape index (κ2) is 10.3. The zero-order valence-electron chi connectivity index (χ0n) is 19.8. The van der Waals surface area contributed by atoms with E-state index < -0.39 is 24.2 Å². The van der Waals surface area contributed by atoms with E-state index in [1.807, 2.05) is 44.2 Å². The molecule has 4 atom stereocenters. The Kier molecular flexibility index (Phi) is 7.37. The highest BCUT2D eigenvalue weighted by Crippen LogP contribution is 2.38. The van der Waals surface area contributed by atoms with E-state index in [9.17, 15) is 15.3 Å². The van der Waals surface area contributed by atoms with Gasteiger partial charge < -0.3 is 20.6 Å². The van der Waals surface area contributed by atoms with Crippen LogP contribution in [0.15, 0.2) is 41.4 Å². The number of aliphatic imine (C=N–C) groups is 1. The summed E-state index contributed by atoms with van der Waals surface area (Å²) in [6, 6.07) is 7.43. The topological polar surface area (TPSA) is 124 Å². The van der Waals surface area contributed by atoms with Gasteiger partial charge in [0.25, 0.3) is 5.95 Å². The first-order valence-corrected chi connectivity index (χ1v) is 12.3. The number of aryl methyl sites for hydroxylation is 1. The van der Waals surface area contributed by atoms with E-state index in [2.05, 4.69) is 40.2 Å². The summed E-state index contributed by atoms with van der Waals surface area (Å²) in [7, 11) is 0. The third-order valence-corrected chi connectivity index (χ3v) is 7.00. The Morgan fingerprint density at radius 2 is 1.97 bits per heavy atom. The van der Waals surface area contributed by atoms with E-state index in [0.29, 0.717) is 29.8 Å². The van der Waals surface area contributed by atoms with Crippen molar-refractivity contribution in [3.8, 4) is 10.6 Å². The minimum Gasteiger partial charge on any atom is -0.396 e. The Hall–Kier alpha value is -2.72. The van der Waals surface area contributed by atoms with Crippen molar-refractivity contribution in [2.75, 3.05) is 11.9 Å². The minimum absolute atomic E-state index is 0.194. The molecular formula is C25H31N5O3S. The molecule has 2 aromatic heterocycles. The zero-order chi connectivity index (χ0) is 24.4. The molecule has 0 bridgehead atoms. The molecule has 4 rings (SSSR count). The van der Waals surface area contributed by atoms with Gasteiger partial charge in [0.05, 0.1) is 33.6 Å². The Bertz CT molecular complexity index is 1190. The first-order chi connectivity index (χ1) is 16.3. The monoisotopic (exact) mass is 481 g/mol. The fourth-order valence-corrected chi connectivity index (χ4v) is 5.16. The van der Waals surface area contributed by atoms with Crippen LogP contribution < -0.4 is 5.32 Å². The molecule has 1 aliphatic carbocycles. The van der Waals surface area contributed by atoms with Crippen molar-refractivity contribution in [3.05, 3.63) is 42.1 Å². The maximum absolute atomic E-state index is 10.6. The quantitative estimate of drug-likeness (QED) is 0.378. The Balaban J connectivity index is 1.78. The molecule has 180 valence electrons. The van der Waals surface area contributed by atoms with Crippen LogP contribution in [0.25, 0.3) is 20.8 Å². The van der Waals surface area contributed by atoms with Gasteiger partial charge in [-0.3, -0.25) is 0 Å². The molecule has 4 N–H and O–H groups in total. The number of allylic oxidation sites excluding steroid dienone is 2. The molecule has 0 saturated heterocycles. The molecule has 0 aliphatic heterocycles. The van der Waals surface area contributed by atoms with E-state index >= 15 is 0 Å². The Labute approximate surface area is 203 Å². The number of nitrogens with one attached hydrogen (secondary N) is 1. The van der Waals surface area contributed by atoms with Gasteiger partial charge in [0.1, 0.15) is 16.9 Å². The summed E-state index contributed by atoms with van der Waals surface area (Å²) in [6.07, 6.45) is 2.39. The van der Waals surface area contributed by atoms with Gasteiger partial charge >= 0.3 is 0 Å². The largest absolute Gasteiger partial charge is 0.396 e. The fourth-order valence-electron chi connectivity index (χ4n) is 4.10. The molecule has 9 heteroatoms. The molecule has 2 heterocycles. The molecule has 1 fully saturated rings. The average molecular weight is 482 g/mol. The Morgan fingerprint density at radius 3 is 2.65 bits per heavy atom. The lowest BCUT2D eigenvalue weighted by Gasteiger charge is -2.20. The molecular weight excluding hydrogens is 450 g/mol. The van der Waals surface area contributed by atoms with E-state index in [1.54, 1.807) is 11.3 Å². The van der Waals surface area contributed by atoms with Gasteiger partial charge in [0, 0.05) is 18.2 Å². The van der Waals surface area contributed by atoms with Crippen LogP contribution in [0.3, 0.4) is 0 Å². The number of para-hydroxylation sites is 1. The zero-order valence-corrected chi connectivity index (χ0v) is 20.6. The lowest BCUT2D eigenvalue weighted by Crippen LogP contribution is -2.35. The van der Waals surface area contributed by atoms with Crippen molar-refractivity contribution in [2.24, 2.45) is 16.8 Å². The summed E-state index contributed by atoms with van der Waals surface area (Å²) < 4.78 is 1.05. The van der Waals surface area contributed by atoms with Crippen molar-refractivity contribution < 1.29 is 15.3 Å². The lowest BCUT2D eigenvalue weighted by atomic mass is 10.1. The van der Waals surface area contributed by atoms with Gasteiger partial charge in [-0.05, 0) is 44.4 Å². The molecule has 0 spiro atoms. The third kappa shape index (κ3) is 5.17. The molecule has 3 aromatic rings. The van der Waals surface area contributed by atoms with Gasteiger partial charge in [0.15, 0.2) is 0 Å². The minimum atomic E-state index is -1.03. The summed E-state index contributed by atoms with van der Waals surface area (Å²) in [5, 5.41) is 34.5. The van der Waals surface area contributed by atoms with Crippen molar-refractivity contribution >= 4 is 39.0 Å². The highest BCUT2D eigenvalue weighted by molar-refractivity contribution is 7.21. The lowest BCUT2D eigenvalue weighted by molar-refractivity contribution is 0.00446. The molecule has 1 aliphatic rings. The van der Waals surface area contributed by atoms with Gasteiger partial charge in [0.2, 0.25) is 0 Å². The predicted molar refractivity (Wildman–Crippen MR) is 137 cm³/mol. The number of aliphatic hydroxyl groups excluding tert-OH is 3. The van der Waals surface area contributed by atoms with Crippen molar-refractivity contribution in [3.63, 3.8) is 0 Å². The second-order valence-electron chi connectivity index (χ2n) is 9.09. The van der Waals surface area contributed by atoms with Crippen LogP contribution in [-0.2, 0) is 0 Å². The third-order valence-electron chi connectivity index (χ3n) is 5.94. The van der Waals surface area contributed by atoms with Crippen LogP contribution in [-0.4, -0.2) is 60.8 Å². The second-order valence-corrected chi connectivity index (χ2v) is 10.1. The smallest absolute Gasteiger partial charge is 0.251 e. The van der Waals surface area contributed by atoms with Gasteiger partial charge in [-0.2, -0.15) is 4.98 Å². The highest BCUT2D eigenvalue weighted by atomic mass is 32.1. The normalized spacial score (nSPS) is 23.5. The maximum atomic E-state index is 10.6. The number of thiazole rings is 1. The first-order valence-electron chi connectivity index (χ1n) is 11.5. The predicted octanol–water partition coefficient (Wildman–Crippen LogP) is 3.88. The van der Waals surface area contributed by atoms with Crippen LogP contribution in [0.5, 0.6) is 0 Å². The Morgan fingerprint density at radius 1 is 1.21 bits per heavy atom. The summed E-state index contributed by atoms with van der Waals surface area (Å²) in [5.41, 5.74) is 3.12.